The van der Waals surface area contributed by atoms with Crippen molar-refractivity contribution in [1.82, 2.24) is 0 Å². The molecule has 9 heteroatoms. The fourth-order valence-corrected chi connectivity index (χ4v) is 2.57. The van der Waals surface area contributed by atoms with E-state index in [0.717, 1.165) is 19.3 Å². The summed E-state index contributed by atoms with van der Waals surface area (Å²) in [7, 11) is -3.83. The van der Waals surface area contributed by atoms with Gasteiger partial charge in [-0.15, -0.1) is 0 Å². The van der Waals surface area contributed by atoms with Crippen LogP contribution in [0.1, 0.15) is 58.8 Å². The molecule has 1 unspecified atom stereocenters. The molecule has 0 aromatic rings. The number of carbonyl (C=O) groups is 2. The van der Waals surface area contributed by atoms with Gasteiger partial charge in [0.25, 0.3) is 0 Å². The van der Waals surface area contributed by atoms with E-state index in [-0.39, 0.29) is 12.8 Å². The number of carboxylic acid groups (broad SMARTS) is 2. The van der Waals surface area contributed by atoms with Crippen LogP contribution in [0.25, 0.3) is 0 Å². The fourth-order valence-electron chi connectivity index (χ4n) is 1.45. The predicted molar refractivity (Wildman–Crippen MR) is 79.0 cm³/mol. The summed E-state index contributed by atoms with van der Waals surface area (Å²) in [6.45, 7) is 3.90. The van der Waals surface area contributed by atoms with Crippen LogP contribution in [-0.4, -0.2) is 65.0 Å². The second-order valence-electron chi connectivity index (χ2n) is 5.02. The number of aliphatic carboxylic acids is 2. The van der Waals surface area contributed by atoms with Crippen LogP contribution in [0.3, 0.4) is 0 Å². The Morgan fingerprint density at radius 3 is 1.71 bits per heavy atom. The minimum atomic E-state index is -3.83. The van der Waals surface area contributed by atoms with E-state index in [2.05, 4.69) is 6.92 Å². The summed E-state index contributed by atoms with van der Waals surface area (Å²) in [6.07, 6.45) is 3.56. The fraction of sp³-hybridized carbons (Fsp3) is 0.833. The molecule has 0 bridgehead atoms. The van der Waals surface area contributed by atoms with E-state index in [0.29, 0.717) is 40.8 Å². The molecule has 120 valence electrons. The molecular weight excluding hydrogens is 311 g/mol. The van der Waals surface area contributed by atoms with Crippen molar-refractivity contribution in [2.24, 2.45) is 0 Å². The summed E-state index contributed by atoms with van der Waals surface area (Å²) >= 11 is 0.507. The van der Waals surface area contributed by atoms with E-state index in [9.17, 15) is 18.0 Å². The zero-order chi connectivity index (χ0) is 17.1. The van der Waals surface area contributed by atoms with Crippen molar-refractivity contribution in [3.8, 4) is 0 Å². The van der Waals surface area contributed by atoms with Crippen LogP contribution < -0.4 is 0 Å². The van der Waals surface area contributed by atoms with Crippen LogP contribution in [-0.2, 0) is 19.7 Å². The Labute approximate surface area is 143 Å². The zero-order valence-electron chi connectivity index (χ0n) is 12.8. The van der Waals surface area contributed by atoms with E-state index in [1.54, 1.807) is 0 Å². The number of rotatable bonds is 9. The third-order valence-corrected chi connectivity index (χ3v) is 7.73. The van der Waals surface area contributed by atoms with Crippen molar-refractivity contribution in [3.05, 3.63) is 0 Å². The Kier molecular flexibility index (Phi) is 12.6. The van der Waals surface area contributed by atoms with Gasteiger partial charge in [-0.25, -0.2) is 0 Å². The second kappa shape index (κ2) is 11.4. The summed E-state index contributed by atoms with van der Waals surface area (Å²) in [6, 6.07) is 0. The molecular formula is C12H23NaO7S. The van der Waals surface area contributed by atoms with Crippen molar-refractivity contribution >= 4 is 50.0 Å². The standard InChI is InChI=1S/C8H17O3S.C4H6O4.Na/c1-3-5-6-7-8(4-2)12(9,10)11;5-3(6)1-2-4(7)8;/h3-7H2,1-2H3,(H,9,10,11);1-2H2,(H,5,6)(H,7,8);. The Morgan fingerprint density at radius 1 is 1.05 bits per heavy atom. The van der Waals surface area contributed by atoms with Gasteiger partial charge in [0.15, 0.2) is 0 Å². The van der Waals surface area contributed by atoms with E-state index in [1.165, 1.54) is 0 Å². The molecule has 3 N–H and O–H groups in total. The van der Waals surface area contributed by atoms with Crippen LogP contribution in [0.5, 0.6) is 0 Å². The molecule has 0 rings (SSSR count). The third-order valence-electron chi connectivity index (χ3n) is 3.23. The largest absolute Gasteiger partial charge is 0.481 e. The molecule has 0 aromatic heterocycles. The molecule has 21 heavy (non-hydrogen) atoms. The number of carboxylic acids is 2. The topological polar surface area (TPSA) is 129 Å². The Morgan fingerprint density at radius 2 is 1.48 bits per heavy atom. The molecule has 0 saturated carbocycles. The van der Waals surface area contributed by atoms with Crippen LogP contribution in [0, 0.1) is 0 Å². The maximum absolute atomic E-state index is 11.1. The molecule has 0 amide bonds. The maximum atomic E-state index is 11.1. The Hall–Kier alpha value is -0.150. The molecule has 0 aliphatic carbocycles. The molecule has 7 nitrogen and oxygen atoms in total. The molecule has 0 saturated heterocycles. The zero-order valence-corrected chi connectivity index (χ0v) is 15.6. The van der Waals surface area contributed by atoms with E-state index in [4.69, 9.17) is 14.8 Å². The van der Waals surface area contributed by atoms with Gasteiger partial charge < -0.3 is 10.2 Å². The van der Waals surface area contributed by atoms with Crippen molar-refractivity contribution in [2.45, 2.75) is 60.8 Å². The molecule has 0 aliphatic heterocycles. The van der Waals surface area contributed by atoms with Crippen LogP contribution in [0.15, 0.2) is 0 Å². The third kappa shape index (κ3) is 12.1. The molecule has 1 atom stereocenters. The van der Waals surface area contributed by atoms with Crippen molar-refractivity contribution < 1.29 is 32.8 Å². The maximum Gasteiger partial charge on any atom is 0.303 e. The first-order chi connectivity index (χ1) is 9.50. The van der Waals surface area contributed by atoms with E-state index in [1.807, 2.05) is 6.92 Å². The summed E-state index contributed by atoms with van der Waals surface area (Å²) in [5.41, 5.74) is 0. The van der Waals surface area contributed by atoms with Gasteiger partial charge in [-0.1, -0.05) is 0 Å². The van der Waals surface area contributed by atoms with Gasteiger partial charge in [0.1, 0.15) is 0 Å². The first kappa shape index (κ1) is 23.1. The molecule has 0 spiro atoms. The smallest absolute Gasteiger partial charge is 0.303 e. The van der Waals surface area contributed by atoms with Crippen LogP contribution >= 0.6 is 0 Å². The predicted octanol–water partition coefficient (Wildman–Crippen LogP) is 1.67. The summed E-state index contributed by atoms with van der Waals surface area (Å²) in [4.78, 5) is 19.3. The van der Waals surface area contributed by atoms with Crippen molar-refractivity contribution in [1.29, 1.82) is 0 Å². The van der Waals surface area contributed by atoms with Crippen LogP contribution in [0.4, 0.5) is 0 Å². The summed E-state index contributed by atoms with van der Waals surface area (Å²) < 4.78 is 30.4. The Bertz CT molecular complexity index is 407. The van der Waals surface area contributed by atoms with Gasteiger partial charge in [-0.05, 0) is 0 Å². The van der Waals surface area contributed by atoms with Crippen LogP contribution in [0.2, 0.25) is 0 Å². The van der Waals surface area contributed by atoms with Gasteiger partial charge in [0, 0.05) is 0 Å². The average Bonchev–Trinajstić information content (AvgIpc) is 2.36. The monoisotopic (exact) mass is 334 g/mol. The molecule has 0 heterocycles. The number of unbranched alkanes of at least 4 members (excludes halogenated alkanes) is 2. The van der Waals surface area contributed by atoms with E-state index >= 15 is 0 Å². The molecule has 0 aliphatic rings. The summed E-state index contributed by atoms with van der Waals surface area (Å²) in [5, 5.41) is 15.8. The normalized spacial score (nSPS) is 13.8. The summed E-state index contributed by atoms with van der Waals surface area (Å²) in [5.74, 6) is -2.15. The van der Waals surface area contributed by atoms with Crippen molar-refractivity contribution in [3.63, 3.8) is 0 Å². The Balaban J connectivity index is 0. The number of hydrogen-bond donors (Lipinski definition) is 3. The van der Waals surface area contributed by atoms with E-state index < -0.39 is 24.1 Å². The minimum absolute atomic E-state index is 0.296. The number of hydrogen-bond acceptors (Lipinski definition) is 4. The minimum Gasteiger partial charge on any atom is -0.481 e. The van der Waals surface area contributed by atoms with Gasteiger partial charge in [-0.3, -0.25) is 9.59 Å². The second-order valence-corrected chi connectivity index (χ2v) is 9.60. The SMILES string of the molecule is CCCCC[C]([Na])(CC)S(=O)(=O)O.O=C(O)CCC(=O)O. The molecule has 0 radical (unpaired) electrons. The van der Waals surface area contributed by atoms with Gasteiger partial charge >= 0.3 is 111 Å². The van der Waals surface area contributed by atoms with Gasteiger partial charge in [0.2, 0.25) is 0 Å². The first-order valence-corrected chi connectivity index (χ1v) is 9.34. The van der Waals surface area contributed by atoms with Gasteiger partial charge in [-0.2, -0.15) is 0 Å². The van der Waals surface area contributed by atoms with Gasteiger partial charge in [0.05, 0.1) is 12.8 Å². The molecule has 0 fully saturated rings. The molecule has 0 aromatic carbocycles. The van der Waals surface area contributed by atoms with Crippen molar-refractivity contribution in [2.75, 3.05) is 0 Å². The average molecular weight is 334 g/mol. The first-order valence-electron chi connectivity index (χ1n) is 6.90. The quantitative estimate of drug-likeness (QED) is 0.332.